The molecule has 34 heavy (non-hydrogen) atoms. The lowest BCUT2D eigenvalue weighted by atomic mass is 10.1. The Hall–Kier alpha value is -3.21. The molecule has 0 atom stereocenters. The van der Waals surface area contributed by atoms with E-state index in [2.05, 4.69) is 5.32 Å². The number of fused-ring (bicyclic) bond motifs is 1. The molecule has 4 rings (SSSR count). The third kappa shape index (κ3) is 4.70. The second kappa shape index (κ2) is 10.4. The summed E-state index contributed by atoms with van der Waals surface area (Å²) in [5.41, 5.74) is 2.04. The zero-order valence-corrected chi connectivity index (χ0v) is 20.3. The van der Waals surface area contributed by atoms with Crippen LogP contribution in [0, 0.1) is 0 Å². The number of rotatable bonds is 8. The van der Waals surface area contributed by atoms with Crippen LogP contribution in [0.1, 0.15) is 12.5 Å². The molecule has 0 spiro atoms. The number of carbonyl (C=O) groups excluding carboxylic acids is 3. The maximum atomic E-state index is 13.4. The molecule has 2 aromatic carbocycles. The van der Waals surface area contributed by atoms with Gasteiger partial charge in [0.2, 0.25) is 5.91 Å². The second-order valence-corrected chi connectivity index (χ2v) is 9.08. The first-order valence-electron chi connectivity index (χ1n) is 10.7. The Morgan fingerprint density at radius 2 is 1.79 bits per heavy atom. The van der Waals surface area contributed by atoms with E-state index in [1.165, 1.54) is 9.80 Å². The third-order valence-electron chi connectivity index (χ3n) is 5.27. The average molecular weight is 498 g/mol. The number of ether oxygens (including phenoxy) is 2. The molecule has 0 bridgehead atoms. The number of thioether (sulfide) groups is 1. The van der Waals surface area contributed by atoms with Crippen LogP contribution in [0.3, 0.4) is 0 Å². The predicted molar refractivity (Wildman–Crippen MR) is 136 cm³/mol. The highest BCUT2D eigenvalue weighted by molar-refractivity contribution is 8.26. The van der Waals surface area contributed by atoms with Gasteiger partial charge in [0.05, 0.1) is 35.9 Å². The number of benzene rings is 2. The molecule has 2 heterocycles. The van der Waals surface area contributed by atoms with E-state index in [4.69, 9.17) is 21.7 Å². The number of thiocarbonyl (C=S) groups is 1. The maximum Gasteiger partial charge on any atom is 0.267 e. The fourth-order valence-corrected chi connectivity index (χ4v) is 5.11. The van der Waals surface area contributed by atoms with Crippen LogP contribution >= 0.6 is 24.0 Å². The first-order chi connectivity index (χ1) is 16.4. The van der Waals surface area contributed by atoms with Crippen LogP contribution in [0.5, 0.6) is 5.75 Å². The predicted octanol–water partition coefficient (Wildman–Crippen LogP) is 3.29. The van der Waals surface area contributed by atoms with Crippen LogP contribution in [-0.4, -0.2) is 60.4 Å². The first-order valence-corrected chi connectivity index (χ1v) is 11.9. The van der Waals surface area contributed by atoms with Crippen LogP contribution in [0.4, 0.5) is 11.4 Å². The van der Waals surface area contributed by atoms with Gasteiger partial charge in [0.15, 0.2) is 0 Å². The number of amides is 3. The van der Waals surface area contributed by atoms with E-state index in [1.807, 2.05) is 6.92 Å². The highest BCUT2D eigenvalue weighted by Crippen LogP contribution is 2.44. The first kappa shape index (κ1) is 23.9. The van der Waals surface area contributed by atoms with Crippen molar-refractivity contribution in [3.63, 3.8) is 0 Å². The molecule has 1 saturated heterocycles. The van der Waals surface area contributed by atoms with Gasteiger partial charge in [-0.3, -0.25) is 24.2 Å². The fourth-order valence-electron chi connectivity index (χ4n) is 3.73. The molecule has 3 amide bonds. The molecule has 1 N–H and O–H groups in total. The van der Waals surface area contributed by atoms with Crippen molar-refractivity contribution in [3.05, 3.63) is 59.0 Å². The van der Waals surface area contributed by atoms with Crippen LogP contribution < -0.4 is 15.0 Å². The van der Waals surface area contributed by atoms with Crippen molar-refractivity contribution >= 4 is 63.0 Å². The summed E-state index contributed by atoms with van der Waals surface area (Å²) in [7, 11) is 1.54. The van der Waals surface area contributed by atoms with Gasteiger partial charge >= 0.3 is 0 Å². The van der Waals surface area contributed by atoms with E-state index < -0.39 is 5.91 Å². The van der Waals surface area contributed by atoms with Gasteiger partial charge in [-0.15, -0.1) is 0 Å². The summed E-state index contributed by atoms with van der Waals surface area (Å²) < 4.78 is 10.9. The molecular formula is C24H23N3O5S2. The van der Waals surface area contributed by atoms with Crippen LogP contribution in [0.15, 0.2) is 53.4 Å². The van der Waals surface area contributed by atoms with Crippen molar-refractivity contribution < 1.29 is 23.9 Å². The van der Waals surface area contributed by atoms with Crippen molar-refractivity contribution in [3.8, 4) is 5.75 Å². The number of para-hydroxylation sites is 1. The average Bonchev–Trinajstić information content (AvgIpc) is 3.26. The van der Waals surface area contributed by atoms with Gasteiger partial charge in [-0.1, -0.05) is 42.2 Å². The van der Waals surface area contributed by atoms with E-state index >= 15 is 0 Å². The number of carbonyl (C=O) groups is 3. The van der Waals surface area contributed by atoms with Crippen molar-refractivity contribution in [2.24, 2.45) is 0 Å². The minimum atomic E-state index is -0.407. The maximum absolute atomic E-state index is 13.4. The Morgan fingerprint density at radius 3 is 2.50 bits per heavy atom. The summed E-state index contributed by atoms with van der Waals surface area (Å²) in [6, 6.07) is 14.1. The SMILES string of the molecule is CCOc1ccc(NC(=O)CN2C(=O)C(=C3SC(=S)N(CCOC)C3=O)c3ccccc32)cc1. The Kier molecular flexibility index (Phi) is 7.30. The summed E-state index contributed by atoms with van der Waals surface area (Å²) in [5, 5.41) is 2.80. The molecule has 0 aliphatic carbocycles. The summed E-state index contributed by atoms with van der Waals surface area (Å²) in [4.78, 5) is 42.4. The van der Waals surface area contributed by atoms with Gasteiger partial charge in [-0.05, 0) is 37.3 Å². The molecule has 2 aliphatic rings. The molecule has 1 fully saturated rings. The van der Waals surface area contributed by atoms with E-state index in [0.717, 1.165) is 11.8 Å². The summed E-state index contributed by atoms with van der Waals surface area (Å²) >= 11 is 6.46. The van der Waals surface area contributed by atoms with Gasteiger partial charge in [0.1, 0.15) is 16.6 Å². The van der Waals surface area contributed by atoms with Crippen molar-refractivity contribution in [1.29, 1.82) is 0 Å². The zero-order chi connectivity index (χ0) is 24.2. The molecular weight excluding hydrogens is 474 g/mol. The molecule has 0 radical (unpaired) electrons. The number of hydrogen-bond acceptors (Lipinski definition) is 7. The van der Waals surface area contributed by atoms with Gasteiger partial charge in [-0.25, -0.2) is 0 Å². The summed E-state index contributed by atoms with van der Waals surface area (Å²) in [6.07, 6.45) is 0. The van der Waals surface area contributed by atoms with Crippen molar-refractivity contribution in [2.45, 2.75) is 6.92 Å². The quantitative estimate of drug-likeness (QED) is 0.442. The highest BCUT2D eigenvalue weighted by atomic mass is 32.2. The molecule has 2 aliphatic heterocycles. The molecule has 176 valence electrons. The second-order valence-electron chi connectivity index (χ2n) is 7.44. The smallest absolute Gasteiger partial charge is 0.267 e. The Bertz CT molecular complexity index is 1180. The molecule has 8 nitrogen and oxygen atoms in total. The van der Waals surface area contributed by atoms with E-state index in [0.29, 0.717) is 46.8 Å². The number of anilines is 2. The number of nitrogens with zero attached hydrogens (tertiary/aromatic N) is 2. The number of hydrogen-bond donors (Lipinski definition) is 1. The fraction of sp³-hybridized carbons (Fsp3) is 0.250. The lowest BCUT2D eigenvalue weighted by Gasteiger charge is -2.17. The summed E-state index contributed by atoms with van der Waals surface area (Å²) in [5.74, 6) is -0.390. The van der Waals surface area contributed by atoms with Crippen LogP contribution in [-0.2, 0) is 19.1 Å². The molecule has 0 unspecified atom stereocenters. The molecule has 0 saturated carbocycles. The number of methoxy groups -OCH3 is 1. The Balaban J connectivity index is 1.57. The summed E-state index contributed by atoms with van der Waals surface area (Å²) in [6.45, 7) is 2.89. The van der Waals surface area contributed by atoms with Crippen molar-refractivity contribution in [1.82, 2.24) is 4.90 Å². The normalized spacial score (nSPS) is 17.4. The standard InChI is InChI=1S/C24H23N3O5S2/c1-3-32-16-10-8-15(9-11-16)25-19(28)14-27-18-7-5-4-6-17(18)20(22(27)29)21-23(30)26(12-13-31-2)24(33)34-21/h4-11H,3,12-14H2,1-2H3,(H,25,28). The van der Waals surface area contributed by atoms with Gasteiger partial charge in [-0.2, -0.15) is 0 Å². The van der Waals surface area contributed by atoms with Crippen LogP contribution in [0.2, 0.25) is 0 Å². The van der Waals surface area contributed by atoms with Gasteiger partial charge in [0.25, 0.3) is 11.8 Å². The third-order valence-corrected chi connectivity index (χ3v) is 6.72. The monoisotopic (exact) mass is 497 g/mol. The molecule has 2 aromatic rings. The largest absolute Gasteiger partial charge is 0.494 e. The Labute approximate surface area is 206 Å². The minimum absolute atomic E-state index is 0.198. The van der Waals surface area contributed by atoms with Crippen LogP contribution in [0.25, 0.3) is 5.57 Å². The van der Waals surface area contributed by atoms with Gasteiger partial charge < -0.3 is 14.8 Å². The van der Waals surface area contributed by atoms with Gasteiger partial charge in [0, 0.05) is 18.4 Å². The lowest BCUT2D eigenvalue weighted by Crippen LogP contribution is -2.35. The van der Waals surface area contributed by atoms with E-state index in [-0.39, 0.29) is 28.8 Å². The lowest BCUT2D eigenvalue weighted by molar-refractivity contribution is -0.122. The Morgan fingerprint density at radius 1 is 1.06 bits per heavy atom. The minimum Gasteiger partial charge on any atom is -0.494 e. The highest BCUT2D eigenvalue weighted by Gasteiger charge is 2.42. The van der Waals surface area contributed by atoms with Crippen molar-refractivity contribution in [2.75, 3.05) is 43.6 Å². The molecule has 0 aromatic heterocycles. The zero-order valence-electron chi connectivity index (χ0n) is 18.7. The number of nitrogens with one attached hydrogen (secondary N) is 1. The topological polar surface area (TPSA) is 88.2 Å². The molecule has 10 heteroatoms. The van der Waals surface area contributed by atoms with E-state index in [1.54, 1.807) is 55.6 Å². The van der Waals surface area contributed by atoms with E-state index in [9.17, 15) is 14.4 Å².